The third-order valence-electron chi connectivity index (χ3n) is 6.31. The van der Waals surface area contributed by atoms with Crippen molar-refractivity contribution in [1.82, 2.24) is 14.5 Å². The first-order valence-electron chi connectivity index (χ1n) is 12.4. The molecule has 0 bridgehead atoms. The van der Waals surface area contributed by atoms with Crippen molar-refractivity contribution in [3.63, 3.8) is 0 Å². The Morgan fingerprint density at radius 3 is 2.29 bits per heavy atom. The maximum absolute atomic E-state index is 13.7. The van der Waals surface area contributed by atoms with E-state index in [9.17, 15) is 18.3 Å². The van der Waals surface area contributed by atoms with E-state index in [1.165, 1.54) is 16.7 Å². The quantitative estimate of drug-likeness (QED) is 0.319. The molecule has 0 aliphatic carbocycles. The van der Waals surface area contributed by atoms with Gasteiger partial charge in [-0.1, -0.05) is 55.5 Å². The minimum atomic E-state index is -4.41. The second-order valence-electron chi connectivity index (χ2n) is 9.21. The fourth-order valence-corrected chi connectivity index (χ4v) is 5.76. The molecule has 0 saturated heterocycles. The van der Waals surface area contributed by atoms with Crippen LogP contribution in [0.15, 0.2) is 87.5 Å². The molecule has 0 saturated carbocycles. The Bertz CT molecular complexity index is 1580. The second-order valence-corrected chi connectivity index (χ2v) is 11.1. The van der Waals surface area contributed by atoms with Gasteiger partial charge in [0.25, 0.3) is 5.56 Å². The molecular formula is C29H31N3O5S. The number of nitrogens with zero attached hydrogens (tertiary/aromatic N) is 3. The van der Waals surface area contributed by atoms with Crippen molar-refractivity contribution >= 4 is 9.84 Å². The molecule has 0 radical (unpaired) electrons. The van der Waals surface area contributed by atoms with E-state index in [1.807, 2.05) is 64.1 Å². The van der Waals surface area contributed by atoms with Crippen molar-refractivity contribution in [2.24, 2.45) is 0 Å². The van der Waals surface area contributed by atoms with E-state index in [2.05, 4.69) is 9.97 Å². The molecule has 4 aromatic rings. The molecule has 38 heavy (non-hydrogen) atoms. The molecular weight excluding hydrogens is 502 g/mol. The highest BCUT2D eigenvalue weighted by molar-refractivity contribution is 7.91. The van der Waals surface area contributed by atoms with Crippen LogP contribution in [0, 0.1) is 6.92 Å². The summed E-state index contributed by atoms with van der Waals surface area (Å²) >= 11 is 0. The fourth-order valence-electron chi connectivity index (χ4n) is 4.42. The molecule has 198 valence electrons. The highest BCUT2D eigenvalue weighted by Crippen LogP contribution is 2.34. The van der Waals surface area contributed by atoms with Gasteiger partial charge >= 0.3 is 0 Å². The van der Waals surface area contributed by atoms with Crippen LogP contribution in [0.5, 0.6) is 5.88 Å². The molecule has 0 fully saturated rings. The molecule has 0 amide bonds. The van der Waals surface area contributed by atoms with Crippen molar-refractivity contribution in [3.05, 3.63) is 100 Å². The molecule has 1 atom stereocenters. The highest BCUT2D eigenvalue weighted by atomic mass is 32.2. The number of hydrogen-bond donors (Lipinski definition) is 1. The topological polar surface area (TPSA) is 111 Å². The molecule has 4 rings (SSSR count). The van der Waals surface area contributed by atoms with Crippen LogP contribution in [0.25, 0.3) is 11.1 Å². The van der Waals surface area contributed by atoms with Crippen molar-refractivity contribution < 1.29 is 18.3 Å². The SMILES string of the molecule is CC[C@@H](c1ccccc1)n1c(COC(C)C)nc(=O)c(S(=O)(=O)c2ccc(-c3cccnc3C)cc2)c1O. The number of rotatable bonds is 9. The average Bonchev–Trinajstić information content (AvgIpc) is 2.90. The number of hydrogen-bond acceptors (Lipinski definition) is 7. The normalized spacial score (nSPS) is 12.6. The molecule has 9 heteroatoms. The van der Waals surface area contributed by atoms with E-state index in [-0.39, 0.29) is 23.4 Å². The van der Waals surface area contributed by atoms with Crippen LogP contribution in [-0.4, -0.2) is 34.2 Å². The standard InChI is InChI=1S/C29H31N3O5S/c1-5-25(22-10-7-6-8-11-22)32-26(18-37-19(2)3)31-28(33)27(29(32)34)38(35,36)23-15-13-21(14-16-23)24-12-9-17-30-20(24)4/h6-17,19,25,34H,5,18H2,1-4H3/t25-/m0/s1. The van der Waals surface area contributed by atoms with Gasteiger partial charge in [-0.25, -0.2) is 8.42 Å². The Labute approximate surface area is 222 Å². The van der Waals surface area contributed by atoms with Gasteiger partial charge in [-0.2, -0.15) is 4.98 Å². The first kappa shape index (κ1) is 27.2. The minimum absolute atomic E-state index is 0.0662. The predicted molar refractivity (Wildman–Crippen MR) is 145 cm³/mol. The summed E-state index contributed by atoms with van der Waals surface area (Å²) in [5.41, 5.74) is 2.26. The first-order chi connectivity index (χ1) is 18.1. The van der Waals surface area contributed by atoms with Crippen LogP contribution in [0.3, 0.4) is 0 Å². The number of pyridine rings is 1. The number of benzene rings is 2. The lowest BCUT2D eigenvalue weighted by Gasteiger charge is -2.25. The van der Waals surface area contributed by atoms with E-state index < -0.39 is 32.2 Å². The molecule has 0 spiro atoms. The maximum atomic E-state index is 13.7. The molecule has 0 unspecified atom stereocenters. The Kier molecular flexibility index (Phi) is 8.08. The predicted octanol–water partition coefficient (Wildman–Crippen LogP) is 5.08. The summed E-state index contributed by atoms with van der Waals surface area (Å²) in [5.74, 6) is -0.506. The molecule has 0 aliphatic heterocycles. The van der Waals surface area contributed by atoms with Crippen molar-refractivity contribution in [3.8, 4) is 17.0 Å². The average molecular weight is 534 g/mol. The zero-order valence-electron chi connectivity index (χ0n) is 21.8. The van der Waals surface area contributed by atoms with Gasteiger partial charge < -0.3 is 9.84 Å². The van der Waals surface area contributed by atoms with Crippen LogP contribution in [0.4, 0.5) is 0 Å². The zero-order chi connectivity index (χ0) is 27.4. The lowest BCUT2D eigenvalue weighted by atomic mass is 10.0. The molecule has 2 heterocycles. The zero-order valence-corrected chi connectivity index (χ0v) is 22.6. The third-order valence-corrected chi connectivity index (χ3v) is 8.10. The Morgan fingerprint density at radius 1 is 1.00 bits per heavy atom. The fraction of sp³-hybridized carbons (Fsp3) is 0.276. The van der Waals surface area contributed by atoms with Gasteiger partial charge in [0.15, 0.2) is 4.90 Å². The number of aryl methyl sites for hydroxylation is 1. The van der Waals surface area contributed by atoms with Crippen molar-refractivity contribution in [2.75, 3.05) is 0 Å². The van der Waals surface area contributed by atoms with E-state index in [0.717, 1.165) is 22.4 Å². The lowest BCUT2D eigenvalue weighted by molar-refractivity contribution is 0.0571. The second kappa shape index (κ2) is 11.3. The molecule has 2 aromatic carbocycles. The summed E-state index contributed by atoms with van der Waals surface area (Å²) in [6.45, 7) is 7.39. The van der Waals surface area contributed by atoms with E-state index >= 15 is 0 Å². The molecule has 8 nitrogen and oxygen atoms in total. The van der Waals surface area contributed by atoms with Crippen LogP contribution in [0.1, 0.15) is 50.3 Å². The Hall–Kier alpha value is -3.82. The van der Waals surface area contributed by atoms with Crippen LogP contribution < -0.4 is 5.56 Å². The smallest absolute Gasteiger partial charge is 0.296 e. The van der Waals surface area contributed by atoms with Crippen LogP contribution in [-0.2, 0) is 21.2 Å². The summed E-state index contributed by atoms with van der Waals surface area (Å²) in [5, 5.41) is 11.4. The monoisotopic (exact) mass is 533 g/mol. The van der Waals surface area contributed by atoms with Gasteiger partial charge in [0.2, 0.25) is 15.7 Å². The number of aromatic nitrogens is 3. The molecule has 2 aromatic heterocycles. The molecule has 0 aliphatic rings. The summed E-state index contributed by atoms with van der Waals surface area (Å²) in [6, 6.07) is 18.7. The Morgan fingerprint density at radius 2 is 1.68 bits per heavy atom. The summed E-state index contributed by atoms with van der Waals surface area (Å²) in [7, 11) is -4.41. The summed E-state index contributed by atoms with van der Waals surface area (Å²) in [6.07, 6.45) is 2.03. The minimum Gasteiger partial charge on any atom is -0.493 e. The maximum Gasteiger partial charge on any atom is 0.296 e. The van der Waals surface area contributed by atoms with Crippen molar-refractivity contribution in [2.45, 2.75) is 62.7 Å². The Balaban J connectivity index is 1.86. The van der Waals surface area contributed by atoms with Gasteiger partial charge in [0.05, 0.1) is 17.0 Å². The van der Waals surface area contributed by atoms with Gasteiger partial charge in [0.1, 0.15) is 12.4 Å². The third kappa shape index (κ3) is 5.39. The molecule has 1 N–H and O–H groups in total. The van der Waals surface area contributed by atoms with Gasteiger partial charge in [-0.3, -0.25) is 14.3 Å². The van der Waals surface area contributed by atoms with Gasteiger partial charge in [0, 0.05) is 17.5 Å². The highest BCUT2D eigenvalue weighted by Gasteiger charge is 2.32. The van der Waals surface area contributed by atoms with Crippen molar-refractivity contribution in [1.29, 1.82) is 0 Å². The number of ether oxygens (including phenoxy) is 1. The van der Waals surface area contributed by atoms with E-state index in [1.54, 1.807) is 24.4 Å². The largest absolute Gasteiger partial charge is 0.493 e. The van der Waals surface area contributed by atoms with Crippen LogP contribution in [0.2, 0.25) is 0 Å². The van der Waals surface area contributed by atoms with E-state index in [0.29, 0.717) is 6.42 Å². The summed E-state index contributed by atoms with van der Waals surface area (Å²) in [4.78, 5) is 20.6. The number of sulfone groups is 1. The van der Waals surface area contributed by atoms with Gasteiger partial charge in [-0.15, -0.1) is 0 Å². The van der Waals surface area contributed by atoms with Crippen LogP contribution >= 0.6 is 0 Å². The van der Waals surface area contributed by atoms with Gasteiger partial charge in [-0.05, 0) is 56.5 Å². The lowest BCUT2D eigenvalue weighted by Crippen LogP contribution is -2.28. The van der Waals surface area contributed by atoms with E-state index in [4.69, 9.17) is 4.74 Å². The number of aromatic hydroxyl groups is 1. The summed E-state index contributed by atoms with van der Waals surface area (Å²) < 4.78 is 34.5. The first-order valence-corrected chi connectivity index (χ1v) is 13.9.